The van der Waals surface area contributed by atoms with E-state index in [2.05, 4.69) is 20.6 Å². The third-order valence-electron chi connectivity index (χ3n) is 3.51. The van der Waals surface area contributed by atoms with Crippen molar-refractivity contribution >= 4 is 46.3 Å². The van der Waals surface area contributed by atoms with Crippen LogP contribution in [-0.2, 0) is 0 Å². The van der Waals surface area contributed by atoms with Crippen LogP contribution in [0.3, 0.4) is 0 Å². The van der Waals surface area contributed by atoms with Gasteiger partial charge in [0.1, 0.15) is 17.8 Å². The van der Waals surface area contributed by atoms with Crippen molar-refractivity contribution in [2.75, 3.05) is 17.7 Å². The van der Waals surface area contributed by atoms with E-state index in [1.54, 1.807) is 43.5 Å². The zero-order valence-corrected chi connectivity index (χ0v) is 15.2. The average molecular weight is 389 g/mol. The molecule has 1 heterocycles. The Morgan fingerprint density at radius 2 is 1.77 bits per heavy atom. The number of rotatable bonds is 5. The number of hydrogen-bond donors (Lipinski definition) is 2. The molecule has 132 valence electrons. The van der Waals surface area contributed by atoms with E-state index >= 15 is 0 Å². The molecule has 0 fully saturated rings. The fraction of sp³-hybridized carbons (Fsp3) is 0.0556. The Balaban J connectivity index is 1.87. The normalized spacial score (nSPS) is 10.3. The lowest BCUT2D eigenvalue weighted by Gasteiger charge is -2.13. The summed E-state index contributed by atoms with van der Waals surface area (Å²) in [6, 6.07) is 13.9. The maximum atomic E-state index is 12.5. The number of benzene rings is 2. The molecule has 1 aromatic heterocycles. The molecule has 0 atom stereocenters. The summed E-state index contributed by atoms with van der Waals surface area (Å²) in [5.74, 6) is 0.671. The maximum absolute atomic E-state index is 12.5. The lowest BCUT2D eigenvalue weighted by Crippen LogP contribution is -2.15. The number of halogens is 2. The van der Waals surface area contributed by atoms with E-state index in [9.17, 15) is 4.79 Å². The molecule has 3 rings (SSSR count). The molecule has 2 N–H and O–H groups in total. The van der Waals surface area contributed by atoms with E-state index < -0.39 is 5.91 Å². The molecular weight excluding hydrogens is 375 g/mol. The fourth-order valence-electron chi connectivity index (χ4n) is 2.21. The molecule has 0 aliphatic rings. The van der Waals surface area contributed by atoms with Crippen LogP contribution in [-0.4, -0.2) is 23.0 Å². The summed E-state index contributed by atoms with van der Waals surface area (Å²) in [5, 5.41) is 6.25. The third kappa shape index (κ3) is 4.04. The van der Waals surface area contributed by atoms with E-state index in [-0.39, 0.29) is 10.8 Å². The number of methoxy groups -OCH3 is 1. The first kappa shape index (κ1) is 18.0. The van der Waals surface area contributed by atoms with Crippen LogP contribution in [0, 0.1) is 0 Å². The van der Waals surface area contributed by atoms with E-state index in [0.717, 1.165) is 11.4 Å². The van der Waals surface area contributed by atoms with Crippen molar-refractivity contribution in [1.82, 2.24) is 9.97 Å². The average Bonchev–Trinajstić information content (AvgIpc) is 2.65. The second kappa shape index (κ2) is 8.03. The number of amides is 1. The predicted molar refractivity (Wildman–Crippen MR) is 103 cm³/mol. The van der Waals surface area contributed by atoms with Gasteiger partial charge in [-0.05, 0) is 36.4 Å². The molecular formula is C18H14Cl2N4O2. The Kier molecular flexibility index (Phi) is 5.55. The monoisotopic (exact) mass is 388 g/mol. The van der Waals surface area contributed by atoms with Gasteiger partial charge in [0.15, 0.2) is 11.0 Å². The number of anilines is 3. The van der Waals surface area contributed by atoms with Gasteiger partial charge in [-0.2, -0.15) is 0 Å². The fourth-order valence-corrected chi connectivity index (χ4v) is 2.61. The second-order valence-electron chi connectivity index (χ2n) is 5.18. The summed E-state index contributed by atoms with van der Waals surface area (Å²) in [4.78, 5) is 20.6. The van der Waals surface area contributed by atoms with Crippen LogP contribution in [0.15, 0.2) is 54.9 Å². The third-order valence-corrected chi connectivity index (χ3v) is 4.13. The first-order valence-electron chi connectivity index (χ1n) is 7.56. The Labute approximate surface area is 160 Å². The highest BCUT2D eigenvalue weighted by Gasteiger charge is 2.16. The largest absolute Gasteiger partial charge is 0.497 e. The summed E-state index contributed by atoms with van der Waals surface area (Å²) in [7, 11) is 1.59. The minimum atomic E-state index is -0.412. The topological polar surface area (TPSA) is 76.1 Å². The number of carbonyl (C=O) groups is 1. The van der Waals surface area contributed by atoms with Gasteiger partial charge in [0.25, 0.3) is 5.91 Å². The highest BCUT2D eigenvalue weighted by Crippen LogP contribution is 2.30. The van der Waals surface area contributed by atoms with E-state index in [1.165, 1.54) is 6.33 Å². The minimum Gasteiger partial charge on any atom is -0.497 e. The molecule has 0 spiro atoms. The zero-order valence-electron chi connectivity index (χ0n) is 13.7. The Morgan fingerprint density at radius 1 is 1.04 bits per heavy atom. The van der Waals surface area contributed by atoms with Gasteiger partial charge in [-0.25, -0.2) is 9.97 Å². The predicted octanol–water partition coefficient (Wildman–Crippen LogP) is 4.79. The van der Waals surface area contributed by atoms with Crippen molar-refractivity contribution in [3.8, 4) is 5.75 Å². The van der Waals surface area contributed by atoms with Crippen molar-refractivity contribution in [1.29, 1.82) is 0 Å². The van der Waals surface area contributed by atoms with Gasteiger partial charge in [0.05, 0.1) is 17.7 Å². The molecule has 0 saturated heterocycles. The van der Waals surface area contributed by atoms with Crippen LogP contribution >= 0.6 is 23.2 Å². The van der Waals surface area contributed by atoms with Crippen molar-refractivity contribution in [3.63, 3.8) is 0 Å². The number of hydrogen-bond acceptors (Lipinski definition) is 5. The number of aromatic nitrogens is 2. The number of nitrogens with zero attached hydrogens (tertiary/aromatic N) is 2. The van der Waals surface area contributed by atoms with Crippen molar-refractivity contribution in [2.24, 2.45) is 0 Å². The van der Waals surface area contributed by atoms with Crippen LogP contribution in [0.4, 0.5) is 17.2 Å². The van der Waals surface area contributed by atoms with Gasteiger partial charge in [0, 0.05) is 5.69 Å². The number of nitrogens with one attached hydrogen (secondary N) is 2. The SMILES string of the molecule is COc1ccc(Nc2ncnc(Cl)c2NC(=O)c2ccccc2Cl)cc1. The van der Waals surface area contributed by atoms with Crippen molar-refractivity contribution in [2.45, 2.75) is 0 Å². The van der Waals surface area contributed by atoms with Gasteiger partial charge in [-0.15, -0.1) is 0 Å². The molecule has 0 radical (unpaired) electrons. The van der Waals surface area contributed by atoms with E-state index in [1.807, 2.05) is 12.1 Å². The van der Waals surface area contributed by atoms with Crippen LogP contribution in [0.5, 0.6) is 5.75 Å². The smallest absolute Gasteiger partial charge is 0.257 e. The first-order chi connectivity index (χ1) is 12.6. The molecule has 0 aliphatic heterocycles. The van der Waals surface area contributed by atoms with Gasteiger partial charge in [0.2, 0.25) is 0 Å². The Morgan fingerprint density at radius 3 is 2.46 bits per heavy atom. The molecule has 8 heteroatoms. The molecule has 1 amide bonds. The Bertz CT molecular complexity index is 933. The molecule has 0 saturated carbocycles. The molecule has 3 aromatic rings. The molecule has 2 aromatic carbocycles. The van der Waals surface area contributed by atoms with Gasteiger partial charge in [-0.1, -0.05) is 35.3 Å². The number of carbonyl (C=O) groups excluding carboxylic acids is 1. The van der Waals surface area contributed by atoms with Crippen molar-refractivity contribution < 1.29 is 9.53 Å². The minimum absolute atomic E-state index is 0.108. The molecule has 0 unspecified atom stereocenters. The van der Waals surface area contributed by atoms with Gasteiger partial charge >= 0.3 is 0 Å². The van der Waals surface area contributed by atoms with Crippen molar-refractivity contribution in [3.05, 3.63) is 70.6 Å². The quantitative estimate of drug-likeness (QED) is 0.614. The summed E-state index contributed by atoms with van der Waals surface area (Å²) < 4.78 is 5.13. The highest BCUT2D eigenvalue weighted by atomic mass is 35.5. The van der Waals surface area contributed by atoms with Crippen LogP contribution < -0.4 is 15.4 Å². The molecule has 0 bridgehead atoms. The molecule has 26 heavy (non-hydrogen) atoms. The Hall–Kier alpha value is -2.83. The van der Waals surface area contributed by atoms with E-state index in [4.69, 9.17) is 27.9 Å². The van der Waals surface area contributed by atoms with Crippen LogP contribution in [0.25, 0.3) is 0 Å². The molecule has 6 nitrogen and oxygen atoms in total. The maximum Gasteiger partial charge on any atom is 0.257 e. The van der Waals surface area contributed by atoms with Crippen LogP contribution in [0.1, 0.15) is 10.4 Å². The van der Waals surface area contributed by atoms with Crippen LogP contribution in [0.2, 0.25) is 10.2 Å². The summed E-state index contributed by atoms with van der Waals surface area (Å²) in [5.41, 5.74) is 1.33. The summed E-state index contributed by atoms with van der Waals surface area (Å²) in [6.07, 6.45) is 1.30. The highest BCUT2D eigenvalue weighted by molar-refractivity contribution is 6.35. The standard InChI is InChI=1S/C18H14Cl2N4O2/c1-26-12-8-6-11(7-9-12)23-17-15(16(20)21-10-22-17)24-18(25)13-4-2-3-5-14(13)19/h2-10H,1H3,(H,24,25)(H,21,22,23). The van der Waals surface area contributed by atoms with Gasteiger partial charge < -0.3 is 15.4 Å². The number of ether oxygens (including phenoxy) is 1. The molecule has 0 aliphatic carbocycles. The first-order valence-corrected chi connectivity index (χ1v) is 8.31. The lowest BCUT2D eigenvalue weighted by molar-refractivity contribution is 0.102. The lowest BCUT2D eigenvalue weighted by atomic mass is 10.2. The second-order valence-corrected chi connectivity index (χ2v) is 5.94. The van der Waals surface area contributed by atoms with E-state index in [0.29, 0.717) is 16.4 Å². The van der Waals surface area contributed by atoms with Gasteiger partial charge in [-0.3, -0.25) is 4.79 Å². The summed E-state index contributed by atoms with van der Waals surface area (Å²) >= 11 is 12.2. The zero-order chi connectivity index (χ0) is 18.5. The summed E-state index contributed by atoms with van der Waals surface area (Å²) in [6.45, 7) is 0.